The molecule has 0 N–H and O–H groups in total. The summed E-state index contributed by atoms with van der Waals surface area (Å²) in [6.45, 7) is 7.11. The molecule has 0 saturated carbocycles. The average molecular weight is 391 g/mol. The van der Waals surface area contributed by atoms with Crippen molar-refractivity contribution in [1.29, 1.82) is 0 Å². The first-order valence-electron chi connectivity index (χ1n) is 9.09. The molecule has 3 heterocycles. The van der Waals surface area contributed by atoms with Gasteiger partial charge in [0, 0.05) is 30.0 Å². The van der Waals surface area contributed by atoms with Crippen LogP contribution in [-0.2, 0) is 20.7 Å². The molecule has 3 rings (SSSR count). The molecule has 1 amide bonds. The molecular formula is C18H25N5O3S. The number of rotatable bonds is 5. The number of aromatic nitrogens is 4. The SMILES string of the molecule is CSc1nc2nc(C)c(CC(=O)OCC(=O)N3CCCC(C)C3)c(C)n2n1. The van der Waals surface area contributed by atoms with E-state index in [1.165, 1.54) is 11.8 Å². The minimum Gasteiger partial charge on any atom is -0.455 e. The summed E-state index contributed by atoms with van der Waals surface area (Å²) in [5, 5.41) is 5.01. The second-order valence-corrected chi connectivity index (χ2v) is 7.77. The number of amides is 1. The number of hydrogen-bond donors (Lipinski definition) is 0. The van der Waals surface area contributed by atoms with Gasteiger partial charge in [-0.05, 0) is 38.9 Å². The topological polar surface area (TPSA) is 89.7 Å². The van der Waals surface area contributed by atoms with Crippen molar-refractivity contribution in [3.8, 4) is 0 Å². The predicted molar refractivity (Wildman–Crippen MR) is 102 cm³/mol. The summed E-state index contributed by atoms with van der Waals surface area (Å²) in [7, 11) is 0. The van der Waals surface area contributed by atoms with Crippen molar-refractivity contribution in [3.05, 3.63) is 17.0 Å². The molecule has 1 saturated heterocycles. The van der Waals surface area contributed by atoms with E-state index in [9.17, 15) is 9.59 Å². The maximum absolute atomic E-state index is 12.3. The molecule has 0 aliphatic carbocycles. The quantitative estimate of drug-likeness (QED) is 0.567. The lowest BCUT2D eigenvalue weighted by Gasteiger charge is -2.30. The largest absolute Gasteiger partial charge is 0.455 e. The van der Waals surface area contributed by atoms with E-state index in [4.69, 9.17) is 4.74 Å². The molecule has 8 nitrogen and oxygen atoms in total. The van der Waals surface area contributed by atoms with Gasteiger partial charge in [0.1, 0.15) is 0 Å². The number of piperidine rings is 1. The van der Waals surface area contributed by atoms with Crippen LogP contribution in [0.15, 0.2) is 5.16 Å². The van der Waals surface area contributed by atoms with Gasteiger partial charge in [-0.1, -0.05) is 18.7 Å². The summed E-state index contributed by atoms with van der Waals surface area (Å²) in [6, 6.07) is 0. The summed E-state index contributed by atoms with van der Waals surface area (Å²) in [5.74, 6) is 0.444. The van der Waals surface area contributed by atoms with Crippen LogP contribution in [-0.4, -0.2) is 62.3 Å². The molecule has 2 aromatic rings. The van der Waals surface area contributed by atoms with Gasteiger partial charge in [0.2, 0.25) is 5.16 Å². The van der Waals surface area contributed by atoms with Crippen molar-refractivity contribution >= 4 is 29.4 Å². The minimum absolute atomic E-state index is 0.0543. The van der Waals surface area contributed by atoms with Crippen LogP contribution in [0.1, 0.15) is 36.7 Å². The van der Waals surface area contributed by atoms with Crippen LogP contribution in [0.4, 0.5) is 0 Å². The summed E-state index contributed by atoms with van der Waals surface area (Å²) >= 11 is 1.44. The zero-order valence-corrected chi connectivity index (χ0v) is 17.0. The van der Waals surface area contributed by atoms with Crippen LogP contribution < -0.4 is 0 Å². The first kappa shape index (κ1) is 19.6. The van der Waals surface area contributed by atoms with Crippen LogP contribution >= 0.6 is 11.8 Å². The van der Waals surface area contributed by atoms with Gasteiger partial charge in [0.25, 0.3) is 11.7 Å². The monoisotopic (exact) mass is 391 g/mol. The molecule has 1 aliphatic heterocycles. The lowest BCUT2D eigenvalue weighted by molar-refractivity contribution is -0.152. The number of ether oxygens (including phenoxy) is 1. The number of carbonyl (C=O) groups excluding carboxylic acids is 2. The predicted octanol–water partition coefficient (Wildman–Crippen LogP) is 1.81. The number of thioether (sulfide) groups is 1. The van der Waals surface area contributed by atoms with Crippen molar-refractivity contribution in [3.63, 3.8) is 0 Å². The molecule has 0 aromatic carbocycles. The van der Waals surface area contributed by atoms with E-state index in [0.29, 0.717) is 22.5 Å². The first-order valence-corrected chi connectivity index (χ1v) is 10.3. The summed E-state index contributed by atoms with van der Waals surface area (Å²) in [6.07, 6.45) is 4.09. The fourth-order valence-corrected chi connectivity index (χ4v) is 3.71. The second kappa shape index (κ2) is 8.24. The molecule has 1 atom stereocenters. The number of hydrogen-bond acceptors (Lipinski definition) is 7. The third kappa shape index (κ3) is 4.40. The first-order chi connectivity index (χ1) is 12.9. The summed E-state index contributed by atoms with van der Waals surface area (Å²) < 4.78 is 6.88. The van der Waals surface area contributed by atoms with Crippen molar-refractivity contribution in [2.75, 3.05) is 26.0 Å². The molecule has 1 fully saturated rings. The highest BCUT2D eigenvalue weighted by atomic mass is 32.2. The van der Waals surface area contributed by atoms with E-state index in [0.717, 1.165) is 37.2 Å². The van der Waals surface area contributed by atoms with E-state index < -0.39 is 5.97 Å². The van der Waals surface area contributed by atoms with Crippen molar-refractivity contribution < 1.29 is 14.3 Å². The molecule has 1 aliphatic rings. The third-order valence-corrected chi connectivity index (χ3v) is 5.44. The Morgan fingerprint density at radius 2 is 2.07 bits per heavy atom. The number of nitrogens with zero attached hydrogens (tertiary/aromatic N) is 5. The Bertz CT molecular complexity index is 866. The molecule has 27 heavy (non-hydrogen) atoms. The van der Waals surface area contributed by atoms with Crippen molar-refractivity contribution in [2.45, 2.75) is 45.2 Å². The normalized spacial score (nSPS) is 17.3. The van der Waals surface area contributed by atoms with E-state index in [2.05, 4.69) is 22.0 Å². The van der Waals surface area contributed by atoms with Gasteiger partial charge < -0.3 is 9.64 Å². The number of esters is 1. The molecule has 0 bridgehead atoms. The molecule has 9 heteroatoms. The molecule has 2 aromatic heterocycles. The van der Waals surface area contributed by atoms with Crippen LogP contribution in [0.3, 0.4) is 0 Å². The lowest BCUT2D eigenvalue weighted by atomic mass is 10.0. The highest BCUT2D eigenvalue weighted by Gasteiger charge is 2.22. The number of carbonyl (C=O) groups is 2. The van der Waals surface area contributed by atoms with Crippen LogP contribution in [0.2, 0.25) is 0 Å². The summed E-state index contributed by atoms with van der Waals surface area (Å²) in [5.41, 5.74) is 2.27. The van der Waals surface area contributed by atoms with Crippen LogP contribution in [0, 0.1) is 19.8 Å². The lowest BCUT2D eigenvalue weighted by Crippen LogP contribution is -2.41. The van der Waals surface area contributed by atoms with Crippen LogP contribution in [0.5, 0.6) is 0 Å². The second-order valence-electron chi connectivity index (χ2n) is 7.00. The van der Waals surface area contributed by atoms with Gasteiger partial charge in [0.05, 0.1) is 6.42 Å². The number of fused-ring (bicyclic) bond motifs is 1. The Labute approximate surface area is 162 Å². The number of aryl methyl sites for hydroxylation is 2. The fraction of sp³-hybridized carbons (Fsp3) is 0.611. The maximum atomic E-state index is 12.3. The smallest absolute Gasteiger partial charge is 0.310 e. The van der Waals surface area contributed by atoms with Gasteiger partial charge >= 0.3 is 5.97 Å². The van der Waals surface area contributed by atoms with Crippen molar-refractivity contribution in [2.24, 2.45) is 5.92 Å². The molecule has 0 radical (unpaired) electrons. The van der Waals surface area contributed by atoms with E-state index in [1.807, 2.05) is 20.1 Å². The highest BCUT2D eigenvalue weighted by Crippen LogP contribution is 2.18. The Hall–Kier alpha value is -2.16. The van der Waals surface area contributed by atoms with Crippen molar-refractivity contribution in [1.82, 2.24) is 24.5 Å². The van der Waals surface area contributed by atoms with Gasteiger partial charge in [-0.2, -0.15) is 4.98 Å². The Morgan fingerprint density at radius 3 is 2.78 bits per heavy atom. The Kier molecular flexibility index (Phi) is 5.98. The average Bonchev–Trinajstić information content (AvgIpc) is 3.06. The van der Waals surface area contributed by atoms with Gasteiger partial charge in [-0.3, -0.25) is 9.59 Å². The minimum atomic E-state index is -0.439. The zero-order chi connectivity index (χ0) is 19.6. The third-order valence-electron chi connectivity index (χ3n) is 4.90. The van der Waals surface area contributed by atoms with Gasteiger partial charge in [-0.25, -0.2) is 9.50 Å². The summed E-state index contributed by atoms with van der Waals surface area (Å²) in [4.78, 5) is 35.1. The Balaban J connectivity index is 1.64. The zero-order valence-electron chi connectivity index (χ0n) is 16.2. The standard InChI is InChI=1S/C18H25N5O3S/c1-11-6-5-7-22(9-11)15(24)10-26-16(25)8-14-12(2)19-17-20-18(27-4)21-23(17)13(14)3/h11H,5-10H2,1-4H3. The maximum Gasteiger partial charge on any atom is 0.310 e. The fourth-order valence-electron chi connectivity index (χ4n) is 3.38. The molecule has 1 unspecified atom stereocenters. The van der Waals surface area contributed by atoms with E-state index in [-0.39, 0.29) is 18.9 Å². The van der Waals surface area contributed by atoms with E-state index >= 15 is 0 Å². The van der Waals surface area contributed by atoms with E-state index in [1.54, 1.807) is 9.42 Å². The van der Waals surface area contributed by atoms with Gasteiger partial charge in [-0.15, -0.1) is 5.10 Å². The molecular weight excluding hydrogens is 366 g/mol. The van der Waals surface area contributed by atoms with Gasteiger partial charge in [0.15, 0.2) is 6.61 Å². The van der Waals surface area contributed by atoms with Crippen LogP contribution in [0.25, 0.3) is 5.78 Å². The molecule has 0 spiro atoms. The molecule has 146 valence electrons. The highest BCUT2D eigenvalue weighted by molar-refractivity contribution is 7.98. The Morgan fingerprint density at radius 1 is 1.30 bits per heavy atom. The number of likely N-dealkylation sites (tertiary alicyclic amines) is 1.